The van der Waals surface area contributed by atoms with Crippen LogP contribution in [0, 0.1) is 5.41 Å². The van der Waals surface area contributed by atoms with E-state index in [4.69, 9.17) is 4.84 Å². The van der Waals surface area contributed by atoms with E-state index in [0.717, 1.165) is 6.42 Å². The Bertz CT molecular complexity index is 256. The first-order chi connectivity index (χ1) is 7.09. The molecule has 94 valence electrons. The second-order valence-corrected chi connectivity index (χ2v) is 5.92. The Labute approximate surface area is 99.4 Å². The summed E-state index contributed by atoms with van der Waals surface area (Å²) in [5, 5.41) is 1.62. The van der Waals surface area contributed by atoms with Gasteiger partial charge in [0.25, 0.3) is 0 Å². The molecule has 0 aromatic rings. The van der Waals surface area contributed by atoms with Crippen molar-refractivity contribution in [1.29, 1.82) is 0 Å². The molecule has 3 nitrogen and oxygen atoms in total. The minimum atomic E-state index is -0.483. The summed E-state index contributed by atoms with van der Waals surface area (Å²) in [7, 11) is 0. The Balaban J connectivity index is 4.70. The van der Waals surface area contributed by atoms with Gasteiger partial charge in [0.1, 0.15) is 0 Å². The van der Waals surface area contributed by atoms with E-state index in [2.05, 4.69) is 0 Å². The van der Waals surface area contributed by atoms with Gasteiger partial charge < -0.3 is 4.84 Å². The van der Waals surface area contributed by atoms with Crippen LogP contribution in [-0.2, 0) is 9.63 Å². The average Bonchev–Trinajstić information content (AvgIpc) is 2.08. The molecule has 0 N–H and O–H groups in total. The Hall–Kier alpha value is -0.990. The molecule has 0 bridgehead atoms. The molecule has 0 spiro atoms. The largest absolute Gasteiger partial charge is 0.340 e. The zero-order valence-electron chi connectivity index (χ0n) is 11.6. The van der Waals surface area contributed by atoms with E-state index in [1.165, 1.54) is 0 Å². The third-order valence-corrected chi connectivity index (χ3v) is 1.93. The van der Waals surface area contributed by atoms with E-state index in [1.807, 2.05) is 60.7 Å². The van der Waals surface area contributed by atoms with Crippen molar-refractivity contribution in [3.05, 3.63) is 12.3 Å². The number of carbonyl (C=O) groups excluding carboxylic acids is 1. The van der Waals surface area contributed by atoms with Gasteiger partial charge in [0.15, 0.2) is 0 Å². The molecular formula is C13H25NO2. The van der Waals surface area contributed by atoms with Gasteiger partial charge >= 0.3 is 5.97 Å². The molecule has 0 rings (SSSR count). The molecule has 0 fully saturated rings. The fourth-order valence-electron chi connectivity index (χ4n) is 0.818. The molecule has 16 heavy (non-hydrogen) atoms. The first-order valence-electron chi connectivity index (χ1n) is 5.77. The van der Waals surface area contributed by atoms with Crippen molar-refractivity contribution in [3.8, 4) is 0 Å². The van der Waals surface area contributed by atoms with Crippen LogP contribution in [0.3, 0.4) is 0 Å². The van der Waals surface area contributed by atoms with Crippen LogP contribution < -0.4 is 0 Å². The summed E-state index contributed by atoms with van der Waals surface area (Å²) in [6.45, 7) is 13.6. The molecule has 0 aliphatic heterocycles. The van der Waals surface area contributed by atoms with Gasteiger partial charge in [-0.2, -0.15) is 0 Å². The van der Waals surface area contributed by atoms with Crippen molar-refractivity contribution in [2.75, 3.05) is 0 Å². The van der Waals surface area contributed by atoms with Crippen LogP contribution >= 0.6 is 0 Å². The number of rotatable bonds is 3. The summed E-state index contributed by atoms with van der Waals surface area (Å²) < 4.78 is 0. The highest BCUT2D eigenvalue weighted by Crippen LogP contribution is 2.21. The molecule has 0 unspecified atom stereocenters. The van der Waals surface area contributed by atoms with E-state index in [-0.39, 0.29) is 11.5 Å². The third-order valence-electron chi connectivity index (χ3n) is 1.93. The lowest BCUT2D eigenvalue weighted by molar-refractivity contribution is -0.205. The van der Waals surface area contributed by atoms with Crippen LogP contribution in [0.2, 0.25) is 0 Å². The third kappa shape index (κ3) is 5.19. The average molecular weight is 227 g/mol. The summed E-state index contributed by atoms with van der Waals surface area (Å²) in [4.78, 5) is 17.2. The summed E-state index contributed by atoms with van der Waals surface area (Å²) in [6, 6.07) is 0. The van der Waals surface area contributed by atoms with Gasteiger partial charge in [-0.25, -0.2) is 9.86 Å². The number of carbonyl (C=O) groups is 1. The molecule has 0 saturated carbocycles. The number of hydrogen-bond donors (Lipinski definition) is 0. The smallest absolute Gasteiger partial charge is 0.337 e. The lowest BCUT2D eigenvalue weighted by atomic mass is 9.98. The van der Waals surface area contributed by atoms with Crippen molar-refractivity contribution >= 4 is 5.97 Å². The molecule has 3 heteroatoms. The molecule has 0 aliphatic carbocycles. The molecule has 0 amide bonds. The fraction of sp³-hybridized carbons (Fsp3) is 0.769. The second kappa shape index (κ2) is 5.37. The Morgan fingerprint density at radius 2 is 1.69 bits per heavy atom. The van der Waals surface area contributed by atoms with E-state index < -0.39 is 5.41 Å². The zero-order chi connectivity index (χ0) is 13.0. The van der Waals surface area contributed by atoms with Crippen LogP contribution in [0.5, 0.6) is 0 Å². The SMILES string of the molecule is CC/C=C/N(OC(=O)C(C)(C)C)C(C)(C)C. The summed E-state index contributed by atoms with van der Waals surface area (Å²) in [6.07, 6.45) is 4.71. The Morgan fingerprint density at radius 3 is 2.00 bits per heavy atom. The molecule has 0 aliphatic rings. The van der Waals surface area contributed by atoms with Crippen molar-refractivity contribution in [2.45, 2.75) is 60.4 Å². The van der Waals surface area contributed by atoms with Gasteiger partial charge in [-0.15, -0.1) is 0 Å². The number of allylic oxidation sites excluding steroid dienone is 1. The lowest BCUT2D eigenvalue weighted by Gasteiger charge is -2.34. The van der Waals surface area contributed by atoms with Crippen LogP contribution in [0.15, 0.2) is 12.3 Å². The molecule has 0 aromatic heterocycles. The van der Waals surface area contributed by atoms with E-state index >= 15 is 0 Å². The minimum Gasteiger partial charge on any atom is -0.340 e. The highest BCUT2D eigenvalue weighted by Gasteiger charge is 2.29. The highest BCUT2D eigenvalue weighted by molar-refractivity contribution is 5.75. The van der Waals surface area contributed by atoms with E-state index in [0.29, 0.717) is 0 Å². The number of hydrogen-bond acceptors (Lipinski definition) is 3. The molecule has 0 atom stereocenters. The van der Waals surface area contributed by atoms with E-state index in [1.54, 1.807) is 5.06 Å². The van der Waals surface area contributed by atoms with Gasteiger partial charge in [0.2, 0.25) is 0 Å². The van der Waals surface area contributed by atoms with Crippen LogP contribution in [0.25, 0.3) is 0 Å². The molecular weight excluding hydrogens is 202 g/mol. The Morgan fingerprint density at radius 1 is 1.19 bits per heavy atom. The van der Waals surface area contributed by atoms with Crippen molar-refractivity contribution < 1.29 is 9.63 Å². The topological polar surface area (TPSA) is 29.5 Å². The molecule has 0 heterocycles. The van der Waals surface area contributed by atoms with Crippen molar-refractivity contribution in [1.82, 2.24) is 5.06 Å². The number of nitrogens with zero attached hydrogens (tertiary/aromatic N) is 1. The Kier molecular flexibility index (Phi) is 5.04. The molecule has 0 saturated heterocycles. The summed E-state index contributed by atoms with van der Waals surface area (Å²) in [5.41, 5.74) is -0.712. The quantitative estimate of drug-likeness (QED) is 0.691. The summed E-state index contributed by atoms with van der Waals surface area (Å²) in [5.74, 6) is -0.219. The molecule has 0 radical (unpaired) electrons. The maximum absolute atomic E-state index is 11.8. The predicted molar refractivity (Wildman–Crippen MR) is 66.6 cm³/mol. The lowest BCUT2D eigenvalue weighted by Crippen LogP contribution is -2.41. The van der Waals surface area contributed by atoms with Crippen LogP contribution in [-0.4, -0.2) is 16.6 Å². The van der Waals surface area contributed by atoms with Crippen LogP contribution in [0.1, 0.15) is 54.9 Å². The van der Waals surface area contributed by atoms with E-state index in [9.17, 15) is 4.79 Å². The standard InChI is InChI=1S/C13H25NO2/c1-8-9-10-14(13(5,6)7)16-11(15)12(2,3)4/h9-10H,8H2,1-7H3/b10-9+. The maximum Gasteiger partial charge on any atom is 0.337 e. The highest BCUT2D eigenvalue weighted by atomic mass is 16.7. The zero-order valence-corrected chi connectivity index (χ0v) is 11.6. The van der Waals surface area contributed by atoms with Crippen molar-refractivity contribution in [3.63, 3.8) is 0 Å². The van der Waals surface area contributed by atoms with Gasteiger partial charge in [-0.05, 0) is 48.0 Å². The van der Waals surface area contributed by atoms with Gasteiger partial charge in [0, 0.05) is 6.20 Å². The van der Waals surface area contributed by atoms with Crippen molar-refractivity contribution in [2.24, 2.45) is 5.41 Å². The fourth-order valence-corrected chi connectivity index (χ4v) is 0.818. The number of hydroxylamine groups is 2. The van der Waals surface area contributed by atoms with Crippen LogP contribution in [0.4, 0.5) is 0 Å². The minimum absolute atomic E-state index is 0.219. The predicted octanol–water partition coefficient (Wildman–Crippen LogP) is 3.51. The second-order valence-electron chi connectivity index (χ2n) is 5.92. The molecule has 0 aromatic carbocycles. The first-order valence-corrected chi connectivity index (χ1v) is 5.77. The maximum atomic E-state index is 11.8. The van der Waals surface area contributed by atoms with Gasteiger partial charge in [0.05, 0.1) is 11.0 Å². The first kappa shape index (κ1) is 15.0. The van der Waals surface area contributed by atoms with Gasteiger partial charge in [-0.1, -0.05) is 13.0 Å². The van der Waals surface area contributed by atoms with Gasteiger partial charge in [-0.3, -0.25) is 0 Å². The summed E-state index contributed by atoms with van der Waals surface area (Å²) >= 11 is 0. The monoisotopic (exact) mass is 227 g/mol. The normalized spacial score (nSPS) is 12.9.